The molecule has 5 heteroatoms. The van der Waals surface area contributed by atoms with Crippen LogP contribution in [0, 0.1) is 5.92 Å². The lowest BCUT2D eigenvalue weighted by Crippen LogP contribution is -2.46. The Morgan fingerprint density at radius 1 is 1.07 bits per heavy atom. The molecule has 2 fully saturated rings. The van der Waals surface area contributed by atoms with Crippen molar-refractivity contribution in [3.05, 3.63) is 12.1 Å². The van der Waals surface area contributed by atoms with Gasteiger partial charge in [-0.2, -0.15) is 5.98 Å². The van der Waals surface area contributed by atoms with E-state index in [0.29, 0.717) is 5.92 Å². The summed E-state index contributed by atoms with van der Waals surface area (Å²) in [6.07, 6.45) is 12.8. The van der Waals surface area contributed by atoms with E-state index < -0.39 is 14.9 Å². The van der Waals surface area contributed by atoms with Crippen molar-refractivity contribution in [1.82, 2.24) is 0 Å². The van der Waals surface area contributed by atoms with Crippen LogP contribution in [-0.4, -0.2) is 33.2 Å². The fourth-order valence-corrected chi connectivity index (χ4v) is 5.65. The van der Waals surface area contributed by atoms with Crippen molar-refractivity contribution >= 4 is 14.9 Å². The summed E-state index contributed by atoms with van der Waals surface area (Å²) < 4.78 is 19.8. The normalized spacial score (nSPS) is 31.6. The molecule has 0 amide bonds. The molecule has 0 aromatic rings. The predicted octanol–water partition coefficient (Wildman–Crippen LogP) is 7.12. The zero-order valence-corrected chi connectivity index (χ0v) is 20.9. The summed E-state index contributed by atoms with van der Waals surface area (Å²) in [7, 11) is -1.83. The van der Waals surface area contributed by atoms with Crippen LogP contribution in [0.2, 0.25) is 24.5 Å². The Morgan fingerprint density at radius 3 is 2.14 bits per heavy atom. The zero-order valence-electron chi connectivity index (χ0n) is 19.9. The van der Waals surface area contributed by atoms with Gasteiger partial charge in [-0.15, -0.1) is 6.32 Å². The summed E-state index contributed by atoms with van der Waals surface area (Å²) in [6.45, 7) is 16.9. The molecule has 1 saturated carbocycles. The molecule has 2 rings (SSSR count). The van der Waals surface area contributed by atoms with E-state index in [0.717, 1.165) is 12.7 Å². The first kappa shape index (κ1) is 24.2. The molecule has 164 valence electrons. The van der Waals surface area contributed by atoms with Crippen LogP contribution in [0.15, 0.2) is 12.1 Å². The summed E-state index contributed by atoms with van der Waals surface area (Å²) in [5.74, 6) is 2.91. The van der Waals surface area contributed by atoms with Crippen molar-refractivity contribution in [2.45, 2.75) is 129 Å². The van der Waals surface area contributed by atoms with Crippen molar-refractivity contribution in [2.75, 3.05) is 0 Å². The van der Waals surface area contributed by atoms with E-state index in [4.69, 9.17) is 13.7 Å². The van der Waals surface area contributed by atoms with Crippen LogP contribution in [0.4, 0.5) is 0 Å². The topological polar surface area (TPSA) is 27.7 Å². The number of hydrogen-bond donors (Lipinski definition) is 0. The smallest absolute Gasteiger partial charge is 0.263 e. The van der Waals surface area contributed by atoms with Gasteiger partial charge in [0.25, 0.3) is 6.55 Å². The summed E-state index contributed by atoms with van der Waals surface area (Å²) >= 11 is 0. The first-order valence-electron chi connectivity index (χ1n) is 11.9. The van der Waals surface area contributed by atoms with Gasteiger partial charge in [-0.05, 0) is 50.7 Å². The highest BCUT2D eigenvalue weighted by Gasteiger charge is 2.41. The van der Waals surface area contributed by atoms with Gasteiger partial charge in [0.2, 0.25) is 0 Å². The predicted molar refractivity (Wildman–Crippen MR) is 124 cm³/mol. The minimum atomic E-state index is -1.83. The van der Waals surface area contributed by atoms with Crippen LogP contribution in [0.1, 0.15) is 86.5 Å². The van der Waals surface area contributed by atoms with Gasteiger partial charge < -0.3 is 13.7 Å². The Kier molecular flexibility index (Phi) is 8.47. The number of hydrogen-bond acceptors (Lipinski definition) is 3. The van der Waals surface area contributed by atoms with Gasteiger partial charge >= 0.3 is 0 Å². The van der Waals surface area contributed by atoms with Crippen LogP contribution in [0.25, 0.3) is 0 Å². The highest BCUT2D eigenvalue weighted by atomic mass is 28.4. The molecule has 1 aliphatic heterocycles. The van der Waals surface area contributed by atoms with Gasteiger partial charge in [0.05, 0.1) is 6.10 Å². The molecule has 0 spiro atoms. The number of unbranched alkanes of at least 4 members (excludes halogenated alkanes) is 1. The van der Waals surface area contributed by atoms with Gasteiger partial charge in [-0.1, -0.05) is 65.9 Å². The largest absolute Gasteiger partial charge is 0.561 e. The Balaban J connectivity index is 2.23. The second kappa shape index (κ2) is 9.81. The fraction of sp³-hybridized carbons (Fsp3) is 0.913. The van der Waals surface area contributed by atoms with Gasteiger partial charge in [-0.3, -0.25) is 0 Å². The molecule has 2 aliphatic rings. The van der Waals surface area contributed by atoms with Crippen molar-refractivity contribution in [3.8, 4) is 0 Å². The molecule has 28 heavy (non-hydrogen) atoms. The first-order valence-corrected chi connectivity index (χ1v) is 14.8. The summed E-state index contributed by atoms with van der Waals surface area (Å²) in [5, 5.41) is 0.224. The highest BCUT2D eigenvalue weighted by molar-refractivity contribution is 6.74. The summed E-state index contributed by atoms with van der Waals surface area (Å²) in [5.41, 5.74) is 0. The Morgan fingerprint density at radius 2 is 1.64 bits per heavy atom. The molecular formula is C23H46BO3Si-. The van der Waals surface area contributed by atoms with Crippen molar-refractivity contribution in [2.24, 2.45) is 5.92 Å². The van der Waals surface area contributed by atoms with Gasteiger partial charge in [0.15, 0.2) is 8.32 Å². The lowest BCUT2D eigenvalue weighted by atomic mass is 9.53. The second-order valence-electron chi connectivity index (χ2n) is 10.9. The van der Waals surface area contributed by atoms with E-state index in [2.05, 4.69) is 66.7 Å². The third-order valence-corrected chi connectivity index (χ3v) is 11.9. The Hall–Kier alpha value is -0.0982. The molecule has 1 aliphatic carbocycles. The quantitative estimate of drug-likeness (QED) is 0.400. The van der Waals surface area contributed by atoms with Crippen LogP contribution in [0.5, 0.6) is 0 Å². The Labute approximate surface area is 176 Å². The molecule has 1 saturated heterocycles. The number of rotatable bonds is 8. The van der Waals surface area contributed by atoms with Crippen molar-refractivity contribution in [3.63, 3.8) is 0 Å². The van der Waals surface area contributed by atoms with Crippen LogP contribution < -0.4 is 0 Å². The van der Waals surface area contributed by atoms with Gasteiger partial charge in [0.1, 0.15) is 0 Å². The SMILES string of the molecule is CCCC[B-]1(/C=C/C(O[Si](C)(C)C(C)(C)C)C2CCCCC2)OC(C)C(C)O1. The molecule has 0 aromatic carbocycles. The second-order valence-corrected chi connectivity index (χ2v) is 15.6. The van der Waals surface area contributed by atoms with Crippen LogP contribution in [0.3, 0.4) is 0 Å². The van der Waals surface area contributed by atoms with E-state index in [1.165, 1.54) is 38.5 Å². The maximum Gasteiger partial charge on any atom is 0.263 e. The molecule has 0 bridgehead atoms. The molecular weight excluding hydrogens is 363 g/mol. The summed E-state index contributed by atoms with van der Waals surface area (Å²) in [6, 6.07) is 0. The molecule has 0 N–H and O–H groups in total. The zero-order chi connectivity index (χ0) is 21.0. The van der Waals surface area contributed by atoms with Crippen LogP contribution in [-0.2, 0) is 13.7 Å². The molecule has 1 heterocycles. The standard InChI is InChI=1S/C23H46BO3Si/c1-9-10-17-24(25-19(2)20(3)26-24)18-16-22(21-14-12-11-13-15-21)27-28(7,8)23(4,5)6/h16,18-22H,9-15,17H2,1-8H3/q-1/b18-16+. The molecule has 3 unspecified atom stereocenters. The lowest BCUT2D eigenvalue weighted by molar-refractivity contribution is 0.132. The van der Waals surface area contributed by atoms with Crippen LogP contribution >= 0.6 is 0 Å². The first-order chi connectivity index (χ1) is 13.0. The van der Waals surface area contributed by atoms with E-state index >= 15 is 0 Å². The molecule has 0 radical (unpaired) electrons. The van der Waals surface area contributed by atoms with E-state index in [1.807, 2.05) is 0 Å². The van der Waals surface area contributed by atoms with Gasteiger partial charge in [0, 0.05) is 12.2 Å². The van der Waals surface area contributed by atoms with E-state index in [9.17, 15) is 0 Å². The maximum atomic E-state index is 6.96. The maximum absolute atomic E-state index is 6.96. The third kappa shape index (κ3) is 6.20. The molecule has 3 atom stereocenters. The molecule has 0 aromatic heterocycles. The minimum Gasteiger partial charge on any atom is -0.561 e. The highest BCUT2D eigenvalue weighted by Crippen LogP contribution is 2.40. The molecule has 3 nitrogen and oxygen atoms in total. The monoisotopic (exact) mass is 409 g/mol. The average molecular weight is 410 g/mol. The van der Waals surface area contributed by atoms with E-state index in [-0.39, 0.29) is 23.4 Å². The summed E-state index contributed by atoms with van der Waals surface area (Å²) in [4.78, 5) is 0. The lowest BCUT2D eigenvalue weighted by Gasteiger charge is -2.42. The Bertz CT molecular complexity index is 498. The minimum absolute atomic E-state index is 0.163. The van der Waals surface area contributed by atoms with Gasteiger partial charge in [-0.25, -0.2) is 0 Å². The fourth-order valence-electron chi connectivity index (χ4n) is 4.34. The third-order valence-electron chi connectivity index (χ3n) is 7.46. The average Bonchev–Trinajstić information content (AvgIpc) is 2.91. The van der Waals surface area contributed by atoms with Crippen molar-refractivity contribution < 1.29 is 13.7 Å². The van der Waals surface area contributed by atoms with E-state index in [1.54, 1.807) is 0 Å². The van der Waals surface area contributed by atoms with Crippen molar-refractivity contribution in [1.29, 1.82) is 0 Å².